The molecule has 1 heterocycles. The minimum Gasteiger partial charge on any atom is -0.466 e. The zero-order valence-corrected chi connectivity index (χ0v) is 18.5. The number of hydrogen-bond donors (Lipinski definition) is 2. The SMILES string of the molecule is COC(=O)/C(C)=C/CC[C@](C)(O)[C@H]1CC[C@@H]([C@](C)(O)CC/C=C(\C)C(=O)OC)O1. The summed E-state index contributed by atoms with van der Waals surface area (Å²) < 4.78 is 15.3. The van der Waals surface area contributed by atoms with Crippen LogP contribution in [0.4, 0.5) is 0 Å². The molecule has 0 amide bonds. The molecule has 0 aromatic carbocycles. The van der Waals surface area contributed by atoms with Crippen molar-refractivity contribution in [3.05, 3.63) is 23.3 Å². The summed E-state index contributed by atoms with van der Waals surface area (Å²) in [6.07, 6.45) is 5.91. The number of methoxy groups -OCH3 is 2. The van der Waals surface area contributed by atoms with E-state index in [0.717, 1.165) is 0 Å². The third-order valence-electron chi connectivity index (χ3n) is 5.62. The lowest BCUT2D eigenvalue weighted by Crippen LogP contribution is -2.43. The summed E-state index contributed by atoms with van der Waals surface area (Å²) in [4.78, 5) is 22.8. The third kappa shape index (κ3) is 7.57. The minimum absolute atomic E-state index is 0.380. The first kappa shape index (κ1) is 25.3. The number of aliphatic hydroxyl groups is 2. The van der Waals surface area contributed by atoms with Gasteiger partial charge in [-0.05, 0) is 66.2 Å². The lowest BCUT2D eigenvalue weighted by molar-refractivity contribution is -0.146. The molecule has 1 aliphatic rings. The molecule has 0 unspecified atom stereocenters. The highest BCUT2D eigenvalue weighted by Crippen LogP contribution is 2.37. The first-order valence-electron chi connectivity index (χ1n) is 10.0. The van der Waals surface area contributed by atoms with Gasteiger partial charge in [0.05, 0.1) is 37.6 Å². The molecule has 0 radical (unpaired) electrons. The molecule has 2 N–H and O–H groups in total. The molecule has 29 heavy (non-hydrogen) atoms. The Hall–Kier alpha value is -1.70. The zero-order valence-electron chi connectivity index (χ0n) is 18.5. The summed E-state index contributed by atoms with van der Waals surface area (Å²) in [5, 5.41) is 21.7. The van der Waals surface area contributed by atoms with Crippen molar-refractivity contribution in [1.82, 2.24) is 0 Å². The highest BCUT2D eigenvalue weighted by molar-refractivity contribution is 5.87. The Kier molecular flexibility index (Phi) is 9.52. The summed E-state index contributed by atoms with van der Waals surface area (Å²) in [7, 11) is 2.67. The lowest BCUT2D eigenvalue weighted by Gasteiger charge is -2.33. The summed E-state index contributed by atoms with van der Waals surface area (Å²) in [5.74, 6) is -0.760. The third-order valence-corrected chi connectivity index (χ3v) is 5.62. The van der Waals surface area contributed by atoms with Crippen LogP contribution in [0.1, 0.15) is 66.2 Å². The molecule has 0 aromatic rings. The summed E-state index contributed by atoms with van der Waals surface area (Å²) in [6.45, 7) is 6.80. The van der Waals surface area contributed by atoms with E-state index in [0.29, 0.717) is 49.7 Å². The van der Waals surface area contributed by atoms with Crippen molar-refractivity contribution in [2.75, 3.05) is 14.2 Å². The van der Waals surface area contributed by atoms with Crippen LogP contribution in [0.25, 0.3) is 0 Å². The molecular weight excluding hydrogens is 376 g/mol. The fraction of sp³-hybridized carbons (Fsp3) is 0.727. The molecule has 0 aromatic heterocycles. The molecule has 0 bridgehead atoms. The second-order valence-electron chi connectivity index (χ2n) is 8.24. The Bertz CT molecular complexity index is 577. The molecule has 7 heteroatoms. The van der Waals surface area contributed by atoms with Crippen molar-refractivity contribution in [1.29, 1.82) is 0 Å². The molecular formula is C22H36O7. The number of ether oxygens (including phenoxy) is 3. The van der Waals surface area contributed by atoms with Crippen molar-refractivity contribution in [2.24, 2.45) is 0 Å². The van der Waals surface area contributed by atoms with E-state index in [2.05, 4.69) is 9.47 Å². The quantitative estimate of drug-likeness (QED) is 0.420. The second kappa shape index (κ2) is 10.9. The average Bonchev–Trinajstić information content (AvgIpc) is 3.18. The molecule has 1 aliphatic heterocycles. The van der Waals surface area contributed by atoms with Gasteiger partial charge in [-0.15, -0.1) is 0 Å². The van der Waals surface area contributed by atoms with E-state index >= 15 is 0 Å². The Morgan fingerprint density at radius 3 is 1.55 bits per heavy atom. The van der Waals surface area contributed by atoms with Gasteiger partial charge in [-0.2, -0.15) is 0 Å². The zero-order chi connectivity index (χ0) is 22.2. The van der Waals surface area contributed by atoms with Gasteiger partial charge in [-0.25, -0.2) is 9.59 Å². The Morgan fingerprint density at radius 2 is 1.24 bits per heavy atom. The van der Waals surface area contributed by atoms with E-state index in [9.17, 15) is 19.8 Å². The van der Waals surface area contributed by atoms with Crippen LogP contribution >= 0.6 is 0 Å². The van der Waals surface area contributed by atoms with Gasteiger partial charge in [0.25, 0.3) is 0 Å². The van der Waals surface area contributed by atoms with E-state index in [-0.39, 0.29) is 11.9 Å². The smallest absolute Gasteiger partial charge is 0.333 e. The summed E-state index contributed by atoms with van der Waals surface area (Å²) in [5.41, 5.74) is -1.13. The maximum absolute atomic E-state index is 11.4. The molecule has 0 spiro atoms. The molecule has 166 valence electrons. The fourth-order valence-electron chi connectivity index (χ4n) is 3.52. The van der Waals surface area contributed by atoms with Crippen molar-refractivity contribution < 1.29 is 34.0 Å². The largest absolute Gasteiger partial charge is 0.466 e. The lowest BCUT2D eigenvalue weighted by atomic mass is 9.89. The van der Waals surface area contributed by atoms with Crippen molar-refractivity contribution in [2.45, 2.75) is 89.6 Å². The standard InChI is InChI=1S/C22H36O7/c1-15(19(23)27-5)9-7-13-21(3,25)17-11-12-18(29-17)22(4,26)14-8-10-16(2)20(24)28-6/h9-10,17-18,25-26H,7-8,11-14H2,1-6H3/b15-9+,16-10+/t17-,18+,21+,22-. The average molecular weight is 413 g/mol. The van der Waals surface area contributed by atoms with Gasteiger partial charge in [0.2, 0.25) is 0 Å². The first-order chi connectivity index (χ1) is 13.4. The molecule has 0 saturated carbocycles. The number of esters is 2. The maximum atomic E-state index is 11.4. The van der Waals surface area contributed by atoms with E-state index in [4.69, 9.17) is 4.74 Å². The highest BCUT2D eigenvalue weighted by Gasteiger charge is 2.44. The van der Waals surface area contributed by atoms with Gasteiger partial charge in [-0.1, -0.05) is 12.2 Å². The number of allylic oxidation sites excluding steroid dienone is 2. The molecule has 1 saturated heterocycles. The number of carbonyl (C=O) groups excluding carboxylic acids is 2. The predicted octanol–water partition coefficient (Wildman–Crippen LogP) is 2.84. The Labute approximate surface area is 173 Å². The van der Waals surface area contributed by atoms with Gasteiger partial charge < -0.3 is 24.4 Å². The van der Waals surface area contributed by atoms with Crippen LogP contribution in [-0.2, 0) is 23.8 Å². The van der Waals surface area contributed by atoms with E-state index < -0.39 is 23.4 Å². The number of carbonyl (C=O) groups is 2. The molecule has 4 atom stereocenters. The van der Waals surface area contributed by atoms with Crippen LogP contribution in [0.2, 0.25) is 0 Å². The van der Waals surface area contributed by atoms with Crippen LogP contribution in [-0.4, -0.2) is 59.8 Å². The summed E-state index contributed by atoms with van der Waals surface area (Å²) in [6, 6.07) is 0. The number of rotatable bonds is 10. The van der Waals surface area contributed by atoms with Crippen LogP contribution in [0.15, 0.2) is 23.3 Å². The number of hydrogen-bond acceptors (Lipinski definition) is 7. The molecule has 7 nitrogen and oxygen atoms in total. The monoisotopic (exact) mass is 412 g/mol. The van der Waals surface area contributed by atoms with Crippen LogP contribution in [0.3, 0.4) is 0 Å². The normalized spacial score (nSPS) is 24.6. The summed E-state index contributed by atoms with van der Waals surface area (Å²) >= 11 is 0. The minimum atomic E-state index is -1.07. The van der Waals surface area contributed by atoms with Crippen LogP contribution in [0, 0.1) is 0 Å². The van der Waals surface area contributed by atoms with Gasteiger partial charge in [0, 0.05) is 11.1 Å². The van der Waals surface area contributed by atoms with Crippen molar-refractivity contribution in [3.63, 3.8) is 0 Å². The van der Waals surface area contributed by atoms with Crippen LogP contribution in [0.5, 0.6) is 0 Å². The van der Waals surface area contributed by atoms with E-state index in [1.54, 1.807) is 39.8 Å². The molecule has 1 rings (SSSR count). The first-order valence-corrected chi connectivity index (χ1v) is 10.0. The van der Waals surface area contributed by atoms with E-state index in [1.807, 2.05) is 0 Å². The van der Waals surface area contributed by atoms with E-state index in [1.165, 1.54) is 14.2 Å². The highest BCUT2D eigenvalue weighted by atomic mass is 16.5. The van der Waals surface area contributed by atoms with Crippen LogP contribution < -0.4 is 0 Å². The Balaban J connectivity index is 2.59. The second-order valence-corrected chi connectivity index (χ2v) is 8.24. The van der Waals surface area contributed by atoms with Crippen molar-refractivity contribution >= 4 is 11.9 Å². The fourth-order valence-corrected chi connectivity index (χ4v) is 3.52. The molecule has 1 fully saturated rings. The maximum Gasteiger partial charge on any atom is 0.333 e. The van der Waals surface area contributed by atoms with Gasteiger partial charge >= 0.3 is 11.9 Å². The topological polar surface area (TPSA) is 102 Å². The van der Waals surface area contributed by atoms with Gasteiger partial charge in [-0.3, -0.25) is 0 Å². The van der Waals surface area contributed by atoms with Crippen molar-refractivity contribution in [3.8, 4) is 0 Å². The van der Waals surface area contributed by atoms with Gasteiger partial charge in [0.1, 0.15) is 0 Å². The predicted molar refractivity (Wildman–Crippen MR) is 109 cm³/mol. The molecule has 0 aliphatic carbocycles. The van der Waals surface area contributed by atoms with Gasteiger partial charge in [0.15, 0.2) is 0 Å². The Morgan fingerprint density at radius 1 is 0.897 bits per heavy atom.